The minimum Gasteiger partial charge on any atom is -0.494 e. The van der Waals surface area contributed by atoms with Crippen LogP contribution in [0, 0.1) is 5.92 Å². The van der Waals surface area contributed by atoms with E-state index in [4.69, 9.17) is 9.47 Å². The molecule has 1 amide bonds. The third-order valence-electron chi connectivity index (χ3n) is 3.46. The van der Waals surface area contributed by atoms with E-state index in [-0.39, 0.29) is 17.9 Å². The maximum atomic E-state index is 12.4. The number of amides is 1. The van der Waals surface area contributed by atoms with Gasteiger partial charge in [0.25, 0.3) is 0 Å². The van der Waals surface area contributed by atoms with E-state index < -0.39 is 0 Å². The zero-order valence-corrected chi connectivity index (χ0v) is 12.7. The Bertz CT molecular complexity index is 465. The molecule has 1 heterocycles. The summed E-state index contributed by atoms with van der Waals surface area (Å²) in [5, 5.41) is 6.24. The highest BCUT2D eigenvalue weighted by Crippen LogP contribution is 2.20. The maximum Gasteiger partial charge on any atom is 0.231 e. The van der Waals surface area contributed by atoms with Gasteiger partial charge in [-0.15, -0.1) is 0 Å². The van der Waals surface area contributed by atoms with E-state index in [1.807, 2.05) is 31.2 Å². The van der Waals surface area contributed by atoms with Crippen LogP contribution in [0.25, 0.3) is 0 Å². The van der Waals surface area contributed by atoms with Crippen molar-refractivity contribution in [3.05, 3.63) is 24.3 Å². The second-order valence-electron chi connectivity index (χ2n) is 5.17. The molecule has 1 saturated heterocycles. The van der Waals surface area contributed by atoms with Gasteiger partial charge in [-0.2, -0.15) is 0 Å². The first-order valence-corrected chi connectivity index (χ1v) is 7.59. The van der Waals surface area contributed by atoms with Crippen molar-refractivity contribution >= 4 is 11.6 Å². The molecule has 1 aliphatic heterocycles. The number of carbonyl (C=O) groups excluding carboxylic acids is 1. The molecule has 2 rings (SSSR count). The Morgan fingerprint density at radius 3 is 3.00 bits per heavy atom. The predicted octanol–water partition coefficient (Wildman–Crippen LogP) is 2.04. The molecule has 1 aliphatic rings. The summed E-state index contributed by atoms with van der Waals surface area (Å²) in [5.41, 5.74) is 0.760. The van der Waals surface area contributed by atoms with Gasteiger partial charge in [0.2, 0.25) is 5.91 Å². The van der Waals surface area contributed by atoms with Crippen molar-refractivity contribution in [1.29, 1.82) is 0 Å². The van der Waals surface area contributed by atoms with Gasteiger partial charge >= 0.3 is 0 Å². The first kappa shape index (κ1) is 15.8. The molecular formula is C16H24N2O3. The Hall–Kier alpha value is -1.59. The van der Waals surface area contributed by atoms with E-state index >= 15 is 0 Å². The normalized spacial score (nSPS) is 21.2. The van der Waals surface area contributed by atoms with E-state index in [2.05, 4.69) is 17.6 Å². The van der Waals surface area contributed by atoms with Crippen LogP contribution in [0.3, 0.4) is 0 Å². The number of benzene rings is 1. The van der Waals surface area contributed by atoms with Crippen LogP contribution >= 0.6 is 0 Å². The van der Waals surface area contributed by atoms with Crippen LogP contribution in [0.4, 0.5) is 5.69 Å². The first-order valence-electron chi connectivity index (χ1n) is 7.59. The lowest BCUT2D eigenvalue weighted by molar-refractivity contribution is -0.120. The molecule has 2 N–H and O–H groups in total. The van der Waals surface area contributed by atoms with Crippen LogP contribution in [0.15, 0.2) is 24.3 Å². The third kappa shape index (κ3) is 4.44. The summed E-state index contributed by atoms with van der Waals surface area (Å²) in [7, 11) is 0. The van der Waals surface area contributed by atoms with Crippen molar-refractivity contribution in [3.63, 3.8) is 0 Å². The average molecular weight is 292 g/mol. The molecule has 21 heavy (non-hydrogen) atoms. The summed E-state index contributed by atoms with van der Waals surface area (Å²) >= 11 is 0. The van der Waals surface area contributed by atoms with Crippen molar-refractivity contribution in [3.8, 4) is 5.75 Å². The number of carbonyl (C=O) groups is 1. The maximum absolute atomic E-state index is 12.4. The number of ether oxygens (including phenoxy) is 2. The highest BCUT2D eigenvalue weighted by atomic mass is 16.5. The van der Waals surface area contributed by atoms with Gasteiger partial charge in [-0.05, 0) is 25.1 Å². The van der Waals surface area contributed by atoms with E-state index in [0.29, 0.717) is 19.8 Å². The van der Waals surface area contributed by atoms with Gasteiger partial charge in [0, 0.05) is 17.8 Å². The number of hydrogen-bond acceptors (Lipinski definition) is 4. The lowest BCUT2D eigenvalue weighted by Gasteiger charge is -2.18. The lowest BCUT2D eigenvalue weighted by atomic mass is 10.0. The summed E-state index contributed by atoms with van der Waals surface area (Å²) in [4.78, 5) is 12.4. The number of nitrogens with one attached hydrogen (secondary N) is 2. The molecule has 1 aromatic rings. The fraction of sp³-hybridized carbons (Fsp3) is 0.562. The van der Waals surface area contributed by atoms with Gasteiger partial charge in [0.15, 0.2) is 0 Å². The molecule has 0 aromatic heterocycles. The molecule has 0 radical (unpaired) electrons. The number of rotatable bonds is 7. The van der Waals surface area contributed by atoms with Crippen molar-refractivity contribution in [2.75, 3.05) is 31.7 Å². The molecule has 5 heteroatoms. The van der Waals surface area contributed by atoms with Crippen molar-refractivity contribution < 1.29 is 14.3 Å². The highest BCUT2D eigenvalue weighted by Gasteiger charge is 2.33. The van der Waals surface area contributed by atoms with Crippen LogP contribution in [0.2, 0.25) is 0 Å². The van der Waals surface area contributed by atoms with Crippen LogP contribution in [0.5, 0.6) is 5.75 Å². The van der Waals surface area contributed by atoms with E-state index in [9.17, 15) is 4.79 Å². The van der Waals surface area contributed by atoms with E-state index in [1.165, 1.54) is 0 Å². The Kier molecular flexibility index (Phi) is 6.02. The average Bonchev–Trinajstić information content (AvgIpc) is 2.94. The lowest BCUT2D eigenvalue weighted by Crippen LogP contribution is -2.41. The SMILES string of the molecule is CCCOc1cccc(NC(=O)C2COCC2NCC)c1. The topological polar surface area (TPSA) is 59.6 Å². The quantitative estimate of drug-likeness (QED) is 0.807. The summed E-state index contributed by atoms with van der Waals surface area (Å²) in [6, 6.07) is 7.59. The van der Waals surface area contributed by atoms with E-state index in [1.54, 1.807) is 0 Å². The minimum atomic E-state index is -0.148. The standard InChI is InChI=1S/C16H24N2O3/c1-3-8-21-13-7-5-6-12(9-13)18-16(19)14-10-20-11-15(14)17-4-2/h5-7,9,14-15,17H,3-4,8,10-11H2,1-2H3,(H,18,19). The van der Waals surface area contributed by atoms with Gasteiger partial charge in [0.05, 0.1) is 25.7 Å². The fourth-order valence-electron chi connectivity index (χ4n) is 2.39. The van der Waals surface area contributed by atoms with Crippen molar-refractivity contribution in [2.24, 2.45) is 5.92 Å². The summed E-state index contributed by atoms with van der Waals surface area (Å²) < 4.78 is 11.0. The summed E-state index contributed by atoms with van der Waals surface area (Å²) in [6.07, 6.45) is 0.959. The largest absolute Gasteiger partial charge is 0.494 e. The van der Waals surface area contributed by atoms with Gasteiger partial charge in [0.1, 0.15) is 5.75 Å². The molecule has 0 saturated carbocycles. The van der Waals surface area contributed by atoms with Crippen LogP contribution < -0.4 is 15.4 Å². The Morgan fingerprint density at radius 2 is 2.24 bits per heavy atom. The van der Waals surface area contributed by atoms with Crippen LogP contribution in [0.1, 0.15) is 20.3 Å². The minimum absolute atomic E-state index is 0.00825. The van der Waals surface area contributed by atoms with Gasteiger partial charge in [-0.25, -0.2) is 0 Å². The second-order valence-corrected chi connectivity index (χ2v) is 5.17. The fourth-order valence-corrected chi connectivity index (χ4v) is 2.39. The molecule has 2 unspecified atom stereocenters. The smallest absolute Gasteiger partial charge is 0.231 e. The first-order chi connectivity index (χ1) is 10.2. The highest BCUT2D eigenvalue weighted by molar-refractivity contribution is 5.93. The summed E-state index contributed by atoms with van der Waals surface area (Å²) in [5.74, 6) is 0.622. The molecule has 5 nitrogen and oxygen atoms in total. The van der Waals surface area contributed by atoms with Crippen molar-refractivity contribution in [1.82, 2.24) is 5.32 Å². The van der Waals surface area contributed by atoms with Crippen LogP contribution in [-0.4, -0.2) is 38.3 Å². The van der Waals surface area contributed by atoms with Gasteiger partial charge in [-0.1, -0.05) is 19.9 Å². The molecule has 1 aromatic carbocycles. The molecule has 0 aliphatic carbocycles. The monoisotopic (exact) mass is 292 g/mol. The van der Waals surface area contributed by atoms with Crippen LogP contribution in [-0.2, 0) is 9.53 Å². The number of anilines is 1. The molecule has 1 fully saturated rings. The third-order valence-corrected chi connectivity index (χ3v) is 3.46. The zero-order chi connectivity index (χ0) is 15.1. The number of likely N-dealkylation sites (N-methyl/N-ethyl adjacent to an activating group) is 1. The Labute approximate surface area is 126 Å². The number of hydrogen-bond donors (Lipinski definition) is 2. The molecule has 0 bridgehead atoms. The van der Waals surface area contributed by atoms with E-state index in [0.717, 1.165) is 24.4 Å². The Balaban J connectivity index is 1.95. The molecule has 0 spiro atoms. The zero-order valence-electron chi connectivity index (χ0n) is 12.7. The van der Waals surface area contributed by atoms with Gasteiger partial charge in [-0.3, -0.25) is 4.79 Å². The van der Waals surface area contributed by atoms with Gasteiger partial charge < -0.3 is 20.1 Å². The predicted molar refractivity (Wildman–Crippen MR) is 82.6 cm³/mol. The Morgan fingerprint density at radius 1 is 1.38 bits per heavy atom. The molecular weight excluding hydrogens is 268 g/mol. The molecule has 116 valence electrons. The summed E-state index contributed by atoms with van der Waals surface area (Å²) in [6.45, 7) is 6.66. The molecule has 2 atom stereocenters. The second kappa shape index (κ2) is 8.00. The van der Waals surface area contributed by atoms with Crippen molar-refractivity contribution in [2.45, 2.75) is 26.3 Å².